The van der Waals surface area contributed by atoms with Gasteiger partial charge < -0.3 is 15.3 Å². The van der Waals surface area contributed by atoms with Crippen LogP contribution in [0.5, 0.6) is 0 Å². The van der Waals surface area contributed by atoms with Crippen molar-refractivity contribution in [3.8, 4) is 0 Å². The Hall–Kier alpha value is -1.22. The molecule has 3 heteroatoms. The zero-order chi connectivity index (χ0) is 11.2. The molecule has 0 unspecified atom stereocenters. The first kappa shape index (κ1) is 11.3. The van der Waals surface area contributed by atoms with Gasteiger partial charge >= 0.3 is 0 Å². The molecule has 1 aliphatic rings. The van der Waals surface area contributed by atoms with Crippen molar-refractivity contribution < 1.29 is 5.11 Å². The maximum absolute atomic E-state index is 8.69. The van der Waals surface area contributed by atoms with Gasteiger partial charge in [-0.05, 0) is 43.5 Å². The summed E-state index contributed by atoms with van der Waals surface area (Å²) in [6.07, 6.45) is 3.43. The van der Waals surface area contributed by atoms with E-state index in [9.17, 15) is 0 Å². The minimum Gasteiger partial charge on any atom is -0.396 e. The van der Waals surface area contributed by atoms with E-state index in [0.717, 1.165) is 18.7 Å². The standard InChI is InChI=1S/C13H20N2O/c16-11-3-8-14-12-4-6-13(7-5-12)15-9-1-2-10-15/h4-7,14,16H,1-3,8-11H2. The molecule has 2 N–H and O–H groups in total. The second kappa shape index (κ2) is 5.75. The lowest BCUT2D eigenvalue weighted by Crippen LogP contribution is -2.17. The average Bonchev–Trinajstić information content (AvgIpc) is 2.84. The van der Waals surface area contributed by atoms with E-state index in [1.165, 1.54) is 31.6 Å². The zero-order valence-electron chi connectivity index (χ0n) is 9.65. The molecule has 0 radical (unpaired) electrons. The number of aliphatic hydroxyl groups is 1. The van der Waals surface area contributed by atoms with Gasteiger partial charge in [0.05, 0.1) is 0 Å². The SMILES string of the molecule is OCCCNc1ccc(N2CCCC2)cc1. The molecule has 1 aromatic rings. The summed E-state index contributed by atoms with van der Waals surface area (Å²) >= 11 is 0. The van der Waals surface area contributed by atoms with Crippen molar-refractivity contribution in [1.82, 2.24) is 0 Å². The minimum absolute atomic E-state index is 0.249. The van der Waals surface area contributed by atoms with Crippen molar-refractivity contribution in [1.29, 1.82) is 0 Å². The van der Waals surface area contributed by atoms with Crippen molar-refractivity contribution in [2.24, 2.45) is 0 Å². The predicted molar refractivity (Wildman–Crippen MR) is 68.1 cm³/mol. The van der Waals surface area contributed by atoms with Crippen LogP contribution in [0.1, 0.15) is 19.3 Å². The number of rotatable bonds is 5. The number of hydrogen-bond donors (Lipinski definition) is 2. The van der Waals surface area contributed by atoms with Gasteiger partial charge in [0, 0.05) is 37.6 Å². The van der Waals surface area contributed by atoms with E-state index in [0.29, 0.717) is 0 Å². The van der Waals surface area contributed by atoms with Crippen molar-refractivity contribution >= 4 is 11.4 Å². The summed E-state index contributed by atoms with van der Waals surface area (Å²) in [6.45, 7) is 3.47. The van der Waals surface area contributed by atoms with Crippen LogP contribution in [0.3, 0.4) is 0 Å². The number of nitrogens with zero attached hydrogens (tertiary/aromatic N) is 1. The Kier molecular flexibility index (Phi) is 4.05. The lowest BCUT2D eigenvalue weighted by molar-refractivity contribution is 0.292. The summed E-state index contributed by atoms with van der Waals surface area (Å²) in [5.74, 6) is 0. The van der Waals surface area contributed by atoms with Gasteiger partial charge in [-0.25, -0.2) is 0 Å². The van der Waals surface area contributed by atoms with Gasteiger partial charge in [0.15, 0.2) is 0 Å². The molecule has 0 aliphatic carbocycles. The van der Waals surface area contributed by atoms with Crippen LogP contribution in [0.4, 0.5) is 11.4 Å². The van der Waals surface area contributed by atoms with Gasteiger partial charge in [-0.3, -0.25) is 0 Å². The highest BCUT2D eigenvalue weighted by Gasteiger charge is 2.11. The highest BCUT2D eigenvalue weighted by atomic mass is 16.3. The number of hydrogen-bond acceptors (Lipinski definition) is 3. The molecule has 0 amide bonds. The van der Waals surface area contributed by atoms with E-state index < -0.39 is 0 Å². The van der Waals surface area contributed by atoms with E-state index in [1.807, 2.05) is 0 Å². The molecule has 0 atom stereocenters. The average molecular weight is 220 g/mol. The number of aliphatic hydroxyl groups excluding tert-OH is 1. The van der Waals surface area contributed by atoms with Gasteiger partial charge in [-0.1, -0.05) is 0 Å². The Labute approximate surface area is 97.1 Å². The quantitative estimate of drug-likeness (QED) is 0.746. The molecule has 0 spiro atoms. The first-order valence-electron chi connectivity index (χ1n) is 6.10. The summed E-state index contributed by atoms with van der Waals surface area (Å²) in [5.41, 5.74) is 2.46. The van der Waals surface area contributed by atoms with Crippen LogP contribution in [-0.4, -0.2) is 31.3 Å². The molecule has 1 saturated heterocycles. The Morgan fingerprint density at radius 2 is 1.81 bits per heavy atom. The maximum atomic E-state index is 8.69. The fourth-order valence-electron chi connectivity index (χ4n) is 2.08. The maximum Gasteiger partial charge on any atom is 0.0447 e. The van der Waals surface area contributed by atoms with Gasteiger partial charge in [-0.2, -0.15) is 0 Å². The first-order valence-corrected chi connectivity index (χ1v) is 6.10. The first-order chi connectivity index (χ1) is 7.90. The Bertz CT molecular complexity index is 304. The van der Waals surface area contributed by atoms with Gasteiger partial charge in [-0.15, -0.1) is 0 Å². The lowest BCUT2D eigenvalue weighted by Gasteiger charge is -2.17. The third-order valence-corrected chi connectivity index (χ3v) is 3.00. The van der Waals surface area contributed by atoms with Gasteiger partial charge in [0.2, 0.25) is 0 Å². The van der Waals surface area contributed by atoms with E-state index in [1.54, 1.807) is 0 Å². The second-order valence-electron chi connectivity index (χ2n) is 4.24. The van der Waals surface area contributed by atoms with Crippen LogP contribution in [0.15, 0.2) is 24.3 Å². The molecule has 16 heavy (non-hydrogen) atoms. The fourth-order valence-corrected chi connectivity index (χ4v) is 2.08. The second-order valence-corrected chi connectivity index (χ2v) is 4.24. The predicted octanol–water partition coefficient (Wildman–Crippen LogP) is 2.08. The summed E-state index contributed by atoms with van der Waals surface area (Å²) in [4.78, 5) is 2.43. The summed E-state index contributed by atoms with van der Waals surface area (Å²) < 4.78 is 0. The molecule has 2 rings (SSSR count). The van der Waals surface area contributed by atoms with Crippen LogP contribution in [0.25, 0.3) is 0 Å². The summed E-state index contributed by atoms with van der Waals surface area (Å²) in [6, 6.07) is 8.58. The Morgan fingerprint density at radius 3 is 2.44 bits per heavy atom. The van der Waals surface area contributed by atoms with Crippen molar-refractivity contribution in [3.05, 3.63) is 24.3 Å². The molecule has 3 nitrogen and oxygen atoms in total. The fraction of sp³-hybridized carbons (Fsp3) is 0.538. The van der Waals surface area contributed by atoms with E-state index in [2.05, 4.69) is 34.5 Å². The highest BCUT2D eigenvalue weighted by molar-refractivity contribution is 5.55. The van der Waals surface area contributed by atoms with Crippen molar-refractivity contribution in [2.75, 3.05) is 36.5 Å². The van der Waals surface area contributed by atoms with Crippen LogP contribution in [0.2, 0.25) is 0 Å². The van der Waals surface area contributed by atoms with Crippen LogP contribution in [-0.2, 0) is 0 Å². The topological polar surface area (TPSA) is 35.5 Å². The third kappa shape index (κ3) is 2.89. The van der Waals surface area contributed by atoms with E-state index in [-0.39, 0.29) is 6.61 Å². The van der Waals surface area contributed by atoms with Crippen molar-refractivity contribution in [2.45, 2.75) is 19.3 Å². The molecule has 0 bridgehead atoms. The molecular weight excluding hydrogens is 200 g/mol. The number of anilines is 2. The molecule has 1 aliphatic heterocycles. The van der Waals surface area contributed by atoms with Crippen molar-refractivity contribution in [3.63, 3.8) is 0 Å². The molecule has 1 aromatic carbocycles. The van der Waals surface area contributed by atoms with E-state index in [4.69, 9.17) is 5.11 Å². The summed E-state index contributed by atoms with van der Waals surface area (Å²) in [7, 11) is 0. The largest absolute Gasteiger partial charge is 0.396 e. The van der Waals surface area contributed by atoms with Gasteiger partial charge in [0.25, 0.3) is 0 Å². The zero-order valence-corrected chi connectivity index (χ0v) is 9.65. The summed E-state index contributed by atoms with van der Waals surface area (Å²) in [5, 5.41) is 12.0. The normalized spacial score (nSPS) is 15.4. The van der Waals surface area contributed by atoms with Crippen LogP contribution in [0, 0.1) is 0 Å². The highest BCUT2D eigenvalue weighted by Crippen LogP contribution is 2.21. The number of benzene rings is 1. The van der Waals surface area contributed by atoms with Crippen LogP contribution >= 0.6 is 0 Å². The Balaban J connectivity index is 1.88. The minimum atomic E-state index is 0.249. The van der Waals surface area contributed by atoms with E-state index >= 15 is 0 Å². The molecule has 88 valence electrons. The molecule has 0 aromatic heterocycles. The molecular formula is C13H20N2O. The molecule has 1 heterocycles. The number of nitrogens with one attached hydrogen (secondary N) is 1. The van der Waals surface area contributed by atoms with Gasteiger partial charge in [0.1, 0.15) is 0 Å². The smallest absolute Gasteiger partial charge is 0.0447 e. The lowest BCUT2D eigenvalue weighted by atomic mass is 10.2. The monoisotopic (exact) mass is 220 g/mol. The molecule has 0 saturated carbocycles. The third-order valence-electron chi connectivity index (χ3n) is 3.00. The Morgan fingerprint density at radius 1 is 1.12 bits per heavy atom. The van der Waals surface area contributed by atoms with Crippen LogP contribution < -0.4 is 10.2 Å². The molecule has 1 fully saturated rings.